The molecule has 1 aliphatic carbocycles. The number of hydrogen-bond acceptors (Lipinski definition) is 5. The largest absolute Gasteiger partial charge is 0.453 e. The highest BCUT2D eigenvalue weighted by molar-refractivity contribution is 9.10. The standard InChI is InChI=1S/C16H15BrN2O3/c1-16(2)5-9(20)14-11(6-16)22-15(19)8(7-18)13(14)10-3-4-12(17)21-10/h3-4,13H,5-6,19H2,1-2H3. The molecule has 0 spiro atoms. The average molecular weight is 363 g/mol. The molecule has 1 unspecified atom stereocenters. The van der Waals surface area contributed by atoms with Gasteiger partial charge in [0.05, 0.1) is 5.92 Å². The molecule has 2 aliphatic rings. The summed E-state index contributed by atoms with van der Waals surface area (Å²) >= 11 is 3.25. The van der Waals surface area contributed by atoms with Gasteiger partial charge in [0.1, 0.15) is 23.2 Å². The van der Waals surface area contributed by atoms with Crippen molar-refractivity contribution in [1.82, 2.24) is 0 Å². The van der Waals surface area contributed by atoms with Crippen molar-refractivity contribution in [1.29, 1.82) is 5.26 Å². The highest BCUT2D eigenvalue weighted by Crippen LogP contribution is 2.48. The molecule has 0 fully saturated rings. The second-order valence-corrected chi connectivity index (χ2v) is 7.13. The number of nitrogens with zero attached hydrogens (tertiary/aromatic N) is 1. The van der Waals surface area contributed by atoms with Gasteiger partial charge in [-0.1, -0.05) is 13.8 Å². The number of halogens is 1. The lowest BCUT2D eigenvalue weighted by molar-refractivity contribution is -0.119. The van der Waals surface area contributed by atoms with Crippen molar-refractivity contribution in [2.75, 3.05) is 0 Å². The molecule has 1 atom stereocenters. The third kappa shape index (κ3) is 2.35. The fourth-order valence-electron chi connectivity index (χ4n) is 3.05. The SMILES string of the molecule is CC1(C)CC(=O)C2=C(C1)OC(N)=C(C#N)C2c1ccc(Br)o1. The van der Waals surface area contributed by atoms with Crippen molar-refractivity contribution in [3.63, 3.8) is 0 Å². The minimum atomic E-state index is -0.594. The van der Waals surface area contributed by atoms with Crippen LogP contribution in [0.5, 0.6) is 0 Å². The third-order valence-electron chi connectivity index (χ3n) is 3.95. The van der Waals surface area contributed by atoms with Crippen LogP contribution in [-0.2, 0) is 9.53 Å². The van der Waals surface area contributed by atoms with Crippen LogP contribution in [0.3, 0.4) is 0 Å². The van der Waals surface area contributed by atoms with Crippen LogP contribution in [0.1, 0.15) is 38.4 Å². The second-order valence-electron chi connectivity index (χ2n) is 6.34. The van der Waals surface area contributed by atoms with Crippen molar-refractivity contribution in [2.24, 2.45) is 11.1 Å². The van der Waals surface area contributed by atoms with Crippen molar-refractivity contribution < 1.29 is 13.9 Å². The zero-order valence-electron chi connectivity index (χ0n) is 12.3. The van der Waals surface area contributed by atoms with Gasteiger partial charge in [0, 0.05) is 18.4 Å². The predicted octanol–water partition coefficient (Wildman–Crippen LogP) is 3.49. The van der Waals surface area contributed by atoms with E-state index in [9.17, 15) is 10.1 Å². The first kappa shape index (κ1) is 14.9. The van der Waals surface area contributed by atoms with Gasteiger partial charge in [0.15, 0.2) is 10.5 Å². The Morgan fingerprint density at radius 3 is 2.73 bits per heavy atom. The first-order chi connectivity index (χ1) is 10.3. The van der Waals surface area contributed by atoms with E-state index in [0.717, 1.165) is 0 Å². The molecular weight excluding hydrogens is 348 g/mol. The summed E-state index contributed by atoms with van der Waals surface area (Å²) < 4.78 is 11.7. The number of furan rings is 1. The van der Waals surface area contributed by atoms with Gasteiger partial charge in [-0.25, -0.2) is 0 Å². The fourth-order valence-corrected chi connectivity index (χ4v) is 3.37. The number of nitriles is 1. The van der Waals surface area contributed by atoms with Crippen LogP contribution >= 0.6 is 15.9 Å². The molecule has 2 heterocycles. The zero-order chi connectivity index (χ0) is 16.1. The summed E-state index contributed by atoms with van der Waals surface area (Å²) in [7, 11) is 0. The Kier molecular flexibility index (Phi) is 3.41. The van der Waals surface area contributed by atoms with E-state index in [-0.39, 0.29) is 22.7 Å². The van der Waals surface area contributed by atoms with Crippen molar-refractivity contribution in [3.05, 3.63) is 45.4 Å². The van der Waals surface area contributed by atoms with Gasteiger partial charge in [-0.2, -0.15) is 5.26 Å². The van der Waals surface area contributed by atoms with Crippen LogP contribution in [0.2, 0.25) is 0 Å². The molecule has 2 N–H and O–H groups in total. The summed E-state index contributed by atoms with van der Waals surface area (Å²) in [6.45, 7) is 4.02. The smallest absolute Gasteiger partial charge is 0.205 e. The molecule has 22 heavy (non-hydrogen) atoms. The molecule has 0 amide bonds. The lowest BCUT2D eigenvalue weighted by atomic mass is 9.71. The van der Waals surface area contributed by atoms with E-state index in [1.54, 1.807) is 12.1 Å². The second kappa shape index (κ2) is 5.03. The molecule has 0 bridgehead atoms. The highest BCUT2D eigenvalue weighted by Gasteiger charge is 2.44. The Hall–Kier alpha value is -2.00. The molecule has 1 aromatic rings. The summed E-state index contributed by atoms with van der Waals surface area (Å²) in [6, 6.07) is 5.52. The summed E-state index contributed by atoms with van der Waals surface area (Å²) in [4.78, 5) is 12.6. The summed E-state index contributed by atoms with van der Waals surface area (Å²) in [5, 5.41) is 9.42. The van der Waals surface area contributed by atoms with E-state index in [1.807, 2.05) is 13.8 Å². The van der Waals surface area contributed by atoms with E-state index >= 15 is 0 Å². The topological polar surface area (TPSA) is 89.2 Å². The van der Waals surface area contributed by atoms with E-state index in [2.05, 4.69) is 22.0 Å². The van der Waals surface area contributed by atoms with Crippen LogP contribution in [-0.4, -0.2) is 5.78 Å². The first-order valence-electron chi connectivity index (χ1n) is 6.91. The van der Waals surface area contributed by atoms with Crippen LogP contribution in [0.25, 0.3) is 0 Å². The van der Waals surface area contributed by atoms with Crippen LogP contribution in [0, 0.1) is 16.7 Å². The lowest BCUT2D eigenvalue weighted by Crippen LogP contribution is -2.33. The average Bonchev–Trinajstić information content (AvgIpc) is 2.82. The first-order valence-corrected chi connectivity index (χ1v) is 7.71. The monoisotopic (exact) mass is 362 g/mol. The van der Waals surface area contributed by atoms with Crippen molar-refractivity contribution in [3.8, 4) is 6.07 Å². The molecule has 5 nitrogen and oxygen atoms in total. The molecule has 3 rings (SSSR count). The Bertz CT molecular complexity index is 765. The van der Waals surface area contributed by atoms with Gasteiger partial charge in [-0.15, -0.1) is 0 Å². The number of allylic oxidation sites excluding steroid dienone is 3. The quantitative estimate of drug-likeness (QED) is 0.825. The maximum atomic E-state index is 12.6. The van der Waals surface area contributed by atoms with Crippen LogP contribution in [0.4, 0.5) is 0 Å². The van der Waals surface area contributed by atoms with Crippen molar-refractivity contribution in [2.45, 2.75) is 32.6 Å². The number of hydrogen-bond donors (Lipinski definition) is 1. The molecule has 0 saturated carbocycles. The minimum absolute atomic E-state index is 0.0241. The Morgan fingerprint density at radius 1 is 1.41 bits per heavy atom. The predicted molar refractivity (Wildman–Crippen MR) is 82.1 cm³/mol. The van der Waals surface area contributed by atoms with Crippen molar-refractivity contribution >= 4 is 21.7 Å². The van der Waals surface area contributed by atoms with Gasteiger partial charge in [0.25, 0.3) is 0 Å². The summed E-state index contributed by atoms with van der Waals surface area (Å²) in [6.07, 6.45) is 1.01. The number of carbonyl (C=O) groups excluding carboxylic acids is 1. The summed E-state index contributed by atoms with van der Waals surface area (Å²) in [5.41, 5.74) is 6.42. The van der Waals surface area contributed by atoms with Gasteiger partial charge in [0.2, 0.25) is 5.88 Å². The zero-order valence-corrected chi connectivity index (χ0v) is 13.9. The maximum Gasteiger partial charge on any atom is 0.205 e. The Morgan fingerprint density at radius 2 is 2.14 bits per heavy atom. The number of rotatable bonds is 1. The lowest BCUT2D eigenvalue weighted by Gasteiger charge is -2.36. The van der Waals surface area contributed by atoms with Crippen LogP contribution in [0.15, 0.2) is 44.0 Å². The molecule has 114 valence electrons. The van der Waals surface area contributed by atoms with Gasteiger partial charge < -0.3 is 14.9 Å². The molecule has 1 aromatic heterocycles. The molecule has 0 aromatic carbocycles. The fraction of sp³-hybridized carbons (Fsp3) is 0.375. The number of carbonyl (C=O) groups is 1. The molecular formula is C16H15BrN2O3. The van der Waals surface area contributed by atoms with Gasteiger partial charge in [-0.3, -0.25) is 4.79 Å². The van der Waals surface area contributed by atoms with E-state index in [0.29, 0.717) is 34.6 Å². The molecule has 6 heteroatoms. The summed E-state index contributed by atoms with van der Waals surface area (Å²) in [5.74, 6) is 0.488. The molecule has 0 radical (unpaired) electrons. The Labute approximate surface area is 136 Å². The van der Waals surface area contributed by atoms with Gasteiger partial charge in [-0.05, 0) is 33.5 Å². The van der Waals surface area contributed by atoms with E-state index < -0.39 is 5.92 Å². The van der Waals surface area contributed by atoms with Gasteiger partial charge >= 0.3 is 0 Å². The number of Topliss-reactive ketones (excluding diaryl/α,β-unsaturated/α-hetero) is 1. The number of nitrogens with two attached hydrogens (primary N) is 1. The maximum absolute atomic E-state index is 12.6. The third-order valence-corrected chi connectivity index (χ3v) is 4.38. The molecule has 1 aliphatic heterocycles. The highest BCUT2D eigenvalue weighted by atomic mass is 79.9. The van der Waals surface area contributed by atoms with Crippen LogP contribution < -0.4 is 5.73 Å². The van der Waals surface area contributed by atoms with E-state index in [4.69, 9.17) is 14.9 Å². The van der Waals surface area contributed by atoms with E-state index in [1.165, 1.54) is 0 Å². The molecule has 0 saturated heterocycles. The number of ether oxygens (including phenoxy) is 1. The Balaban J connectivity index is 2.17. The normalized spacial score (nSPS) is 23.9. The minimum Gasteiger partial charge on any atom is -0.453 e. The number of ketones is 1.